The lowest BCUT2D eigenvalue weighted by atomic mass is 10.1. The number of furan rings is 1. The monoisotopic (exact) mass is 411 g/mol. The SMILES string of the molecule is Cc1cc(/C=C(\C#N)C(=O)OCC(=O)N(C)Cc2ccco2)c(C)n1CCC(C)C. The summed E-state index contributed by atoms with van der Waals surface area (Å²) >= 11 is 0. The van der Waals surface area contributed by atoms with E-state index in [0.717, 1.165) is 29.9 Å². The fourth-order valence-electron chi connectivity index (χ4n) is 3.04. The molecule has 0 aromatic carbocycles. The van der Waals surface area contributed by atoms with Gasteiger partial charge in [0.2, 0.25) is 0 Å². The first kappa shape index (κ1) is 23.0. The summed E-state index contributed by atoms with van der Waals surface area (Å²) in [5, 5.41) is 9.41. The molecule has 2 rings (SSSR count). The Morgan fingerprint density at radius 1 is 1.37 bits per heavy atom. The molecule has 0 aliphatic rings. The van der Waals surface area contributed by atoms with Crippen LogP contribution in [0.2, 0.25) is 0 Å². The first-order valence-electron chi connectivity index (χ1n) is 9.95. The average molecular weight is 412 g/mol. The molecule has 2 aromatic rings. The van der Waals surface area contributed by atoms with Crippen LogP contribution in [0.4, 0.5) is 0 Å². The molecule has 30 heavy (non-hydrogen) atoms. The lowest BCUT2D eigenvalue weighted by Gasteiger charge is -2.15. The molecule has 0 aliphatic heterocycles. The van der Waals surface area contributed by atoms with Crippen LogP contribution in [0.3, 0.4) is 0 Å². The number of ether oxygens (including phenoxy) is 1. The van der Waals surface area contributed by atoms with Crippen LogP contribution in [-0.4, -0.2) is 35.0 Å². The molecule has 0 unspecified atom stereocenters. The van der Waals surface area contributed by atoms with E-state index in [1.54, 1.807) is 19.2 Å². The number of nitrogens with zero attached hydrogens (tertiary/aromatic N) is 3. The van der Waals surface area contributed by atoms with Crippen molar-refractivity contribution in [2.75, 3.05) is 13.7 Å². The van der Waals surface area contributed by atoms with Gasteiger partial charge in [-0.05, 0) is 56.0 Å². The number of esters is 1. The highest BCUT2D eigenvalue weighted by Crippen LogP contribution is 2.20. The van der Waals surface area contributed by atoms with Gasteiger partial charge in [0.05, 0.1) is 12.8 Å². The molecule has 7 nitrogen and oxygen atoms in total. The summed E-state index contributed by atoms with van der Waals surface area (Å²) in [6.45, 7) is 9.02. The minimum atomic E-state index is -0.816. The van der Waals surface area contributed by atoms with Gasteiger partial charge in [-0.3, -0.25) is 4.79 Å². The lowest BCUT2D eigenvalue weighted by Crippen LogP contribution is -2.30. The zero-order valence-corrected chi connectivity index (χ0v) is 18.3. The van der Waals surface area contributed by atoms with E-state index in [2.05, 4.69) is 18.4 Å². The van der Waals surface area contributed by atoms with Crippen molar-refractivity contribution in [2.24, 2.45) is 5.92 Å². The number of likely N-dealkylation sites (N-methyl/N-ethyl adjacent to an activating group) is 1. The zero-order chi connectivity index (χ0) is 22.3. The topological polar surface area (TPSA) is 88.5 Å². The van der Waals surface area contributed by atoms with Crippen molar-refractivity contribution in [1.82, 2.24) is 9.47 Å². The predicted molar refractivity (Wildman–Crippen MR) is 113 cm³/mol. The Hall–Kier alpha value is -3.27. The van der Waals surface area contributed by atoms with E-state index in [1.165, 1.54) is 17.2 Å². The second-order valence-corrected chi connectivity index (χ2v) is 7.74. The molecule has 0 aliphatic carbocycles. The number of amides is 1. The van der Waals surface area contributed by atoms with Crippen molar-refractivity contribution >= 4 is 18.0 Å². The van der Waals surface area contributed by atoms with E-state index in [4.69, 9.17) is 9.15 Å². The van der Waals surface area contributed by atoms with Crippen LogP contribution in [0.25, 0.3) is 6.08 Å². The standard InChI is InChI=1S/C23H29N3O4/c1-16(2)8-9-26-17(3)11-19(18(26)4)12-20(13-24)23(28)30-15-22(27)25(5)14-21-7-6-10-29-21/h6-7,10-12,16H,8-9,14-15H2,1-5H3/b20-12+. The third-order valence-corrected chi connectivity index (χ3v) is 4.91. The van der Waals surface area contributed by atoms with E-state index < -0.39 is 12.6 Å². The van der Waals surface area contributed by atoms with Gasteiger partial charge in [-0.1, -0.05) is 13.8 Å². The largest absolute Gasteiger partial charge is 0.467 e. The molecule has 160 valence electrons. The third-order valence-electron chi connectivity index (χ3n) is 4.91. The summed E-state index contributed by atoms with van der Waals surface area (Å²) in [5.41, 5.74) is 2.72. The molecule has 0 saturated carbocycles. The number of carbonyl (C=O) groups excluding carboxylic acids is 2. The van der Waals surface area contributed by atoms with Gasteiger partial charge in [0.1, 0.15) is 17.4 Å². The Morgan fingerprint density at radius 2 is 2.10 bits per heavy atom. The molecule has 0 radical (unpaired) electrons. The van der Waals surface area contributed by atoms with Crippen molar-refractivity contribution in [3.63, 3.8) is 0 Å². The highest BCUT2D eigenvalue weighted by Gasteiger charge is 2.17. The summed E-state index contributed by atoms with van der Waals surface area (Å²) < 4.78 is 12.4. The highest BCUT2D eigenvalue weighted by atomic mass is 16.5. The molecule has 0 atom stereocenters. The summed E-state index contributed by atoms with van der Waals surface area (Å²) in [6, 6.07) is 7.32. The number of hydrogen-bond donors (Lipinski definition) is 0. The van der Waals surface area contributed by atoms with Gasteiger partial charge < -0.3 is 18.6 Å². The fraction of sp³-hybridized carbons (Fsp3) is 0.435. The molecule has 2 heterocycles. The number of hydrogen-bond acceptors (Lipinski definition) is 5. The van der Waals surface area contributed by atoms with Gasteiger partial charge in [-0.2, -0.15) is 5.26 Å². The molecular weight excluding hydrogens is 382 g/mol. The molecule has 2 aromatic heterocycles. The number of carbonyl (C=O) groups is 2. The second kappa shape index (κ2) is 10.5. The van der Waals surface area contributed by atoms with E-state index >= 15 is 0 Å². The molecule has 0 N–H and O–H groups in total. The normalized spacial score (nSPS) is 11.4. The van der Waals surface area contributed by atoms with Crippen molar-refractivity contribution in [1.29, 1.82) is 5.26 Å². The maximum absolute atomic E-state index is 12.3. The Labute approximate surface area is 177 Å². The Kier molecular flexibility index (Phi) is 8.05. The molecule has 0 spiro atoms. The molecule has 7 heteroatoms. The minimum Gasteiger partial charge on any atom is -0.467 e. The lowest BCUT2D eigenvalue weighted by molar-refractivity contribution is -0.148. The van der Waals surface area contributed by atoms with Crippen LogP contribution in [0.5, 0.6) is 0 Å². The highest BCUT2D eigenvalue weighted by molar-refractivity contribution is 5.99. The van der Waals surface area contributed by atoms with E-state index in [1.807, 2.05) is 26.0 Å². The first-order valence-corrected chi connectivity index (χ1v) is 9.95. The van der Waals surface area contributed by atoms with Gasteiger partial charge in [-0.15, -0.1) is 0 Å². The smallest absolute Gasteiger partial charge is 0.349 e. The number of aromatic nitrogens is 1. The number of aryl methyl sites for hydroxylation is 1. The Morgan fingerprint density at radius 3 is 2.70 bits per heavy atom. The molecule has 1 amide bonds. The molecular formula is C23H29N3O4. The van der Waals surface area contributed by atoms with E-state index in [-0.39, 0.29) is 18.0 Å². The van der Waals surface area contributed by atoms with Crippen molar-refractivity contribution in [3.8, 4) is 6.07 Å². The van der Waals surface area contributed by atoms with Crippen LogP contribution in [0.15, 0.2) is 34.5 Å². The first-order chi connectivity index (χ1) is 14.2. The maximum atomic E-state index is 12.3. The van der Waals surface area contributed by atoms with Crippen LogP contribution in [-0.2, 0) is 27.4 Å². The minimum absolute atomic E-state index is 0.138. The van der Waals surface area contributed by atoms with Crippen molar-refractivity contribution < 1.29 is 18.7 Å². The second-order valence-electron chi connectivity index (χ2n) is 7.74. The fourth-order valence-corrected chi connectivity index (χ4v) is 3.04. The van der Waals surface area contributed by atoms with Crippen LogP contribution in [0.1, 0.15) is 43.0 Å². The van der Waals surface area contributed by atoms with Gasteiger partial charge in [0.15, 0.2) is 6.61 Å². The van der Waals surface area contributed by atoms with Crippen molar-refractivity contribution in [3.05, 3.63) is 52.7 Å². The Bertz CT molecular complexity index is 946. The molecule has 0 fully saturated rings. The summed E-state index contributed by atoms with van der Waals surface area (Å²) in [6.07, 6.45) is 4.09. The molecule has 0 saturated heterocycles. The van der Waals surface area contributed by atoms with Gasteiger partial charge in [0, 0.05) is 25.0 Å². The van der Waals surface area contributed by atoms with Gasteiger partial charge in [0.25, 0.3) is 5.91 Å². The number of nitriles is 1. The zero-order valence-electron chi connectivity index (χ0n) is 18.3. The maximum Gasteiger partial charge on any atom is 0.349 e. The third kappa shape index (κ3) is 6.11. The molecule has 0 bridgehead atoms. The number of rotatable bonds is 9. The predicted octanol–water partition coefficient (Wildman–Crippen LogP) is 3.85. The van der Waals surface area contributed by atoms with Crippen LogP contribution < -0.4 is 0 Å². The van der Waals surface area contributed by atoms with E-state index in [0.29, 0.717) is 11.7 Å². The Balaban J connectivity index is 2.02. The van der Waals surface area contributed by atoms with Gasteiger partial charge in [-0.25, -0.2) is 4.79 Å². The van der Waals surface area contributed by atoms with Crippen LogP contribution >= 0.6 is 0 Å². The van der Waals surface area contributed by atoms with Crippen LogP contribution in [0, 0.1) is 31.1 Å². The summed E-state index contributed by atoms with van der Waals surface area (Å²) in [7, 11) is 1.59. The average Bonchev–Trinajstić information content (AvgIpc) is 3.30. The van der Waals surface area contributed by atoms with Crippen molar-refractivity contribution in [2.45, 2.75) is 47.2 Å². The summed E-state index contributed by atoms with van der Waals surface area (Å²) in [4.78, 5) is 25.9. The summed E-state index contributed by atoms with van der Waals surface area (Å²) in [5.74, 6) is 0.00837. The van der Waals surface area contributed by atoms with Gasteiger partial charge >= 0.3 is 5.97 Å². The quantitative estimate of drug-likeness (QED) is 0.355. The van der Waals surface area contributed by atoms with E-state index in [9.17, 15) is 14.9 Å².